The first-order valence-electron chi connectivity index (χ1n) is 5.12. The quantitative estimate of drug-likeness (QED) is 0.856. The van der Waals surface area contributed by atoms with Crippen molar-refractivity contribution in [1.29, 1.82) is 0 Å². The van der Waals surface area contributed by atoms with Crippen LogP contribution in [0.3, 0.4) is 0 Å². The van der Waals surface area contributed by atoms with E-state index in [1.54, 1.807) is 12.4 Å². The van der Waals surface area contributed by atoms with Gasteiger partial charge in [0.25, 0.3) is 0 Å². The summed E-state index contributed by atoms with van der Waals surface area (Å²) in [5.74, 6) is 0. The molecule has 0 fully saturated rings. The van der Waals surface area contributed by atoms with Crippen LogP contribution >= 0.6 is 11.3 Å². The molecule has 0 unspecified atom stereocenters. The summed E-state index contributed by atoms with van der Waals surface area (Å²) in [7, 11) is -3.20. The average molecular weight is 268 g/mol. The number of aryl methyl sites for hydroxylation is 1. The van der Waals surface area contributed by atoms with Gasteiger partial charge in [0.2, 0.25) is 0 Å². The standard InChI is InChI=1S/C11H12N2O2S2/c1-3-9-11(17(2,14)15)16-10(13-9)8-5-4-6-12-7-8/h4-7H,3H2,1-2H3. The topological polar surface area (TPSA) is 59.9 Å². The molecule has 2 heterocycles. The molecule has 0 spiro atoms. The Labute approximate surface area is 104 Å². The lowest BCUT2D eigenvalue weighted by atomic mass is 10.3. The molecular formula is C11H12N2O2S2. The van der Waals surface area contributed by atoms with Gasteiger partial charge in [0.05, 0.1) is 5.69 Å². The van der Waals surface area contributed by atoms with Gasteiger partial charge in [0.1, 0.15) is 9.22 Å². The minimum atomic E-state index is -3.20. The van der Waals surface area contributed by atoms with Crippen LogP contribution in [-0.2, 0) is 16.3 Å². The minimum absolute atomic E-state index is 0.360. The van der Waals surface area contributed by atoms with E-state index in [1.165, 1.54) is 17.6 Å². The number of aromatic nitrogens is 2. The number of hydrogen-bond acceptors (Lipinski definition) is 5. The maximum atomic E-state index is 11.6. The Morgan fingerprint density at radius 1 is 1.41 bits per heavy atom. The van der Waals surface area contributed by atoms with E-state index in [-0.39, 0.29) is 0 Å². The Hall–Kier alpha value is -1.27. The molecule has 90 valence electrons. The van der Waals surface area contributed by atoms with Gasteiger partial charge in [-0.15, -0.1) is 11.3 Å². The largest absolute Gasteiger partial charge is 0.264 e. The van der Waals surface area contributed by atoms with E-state index in [1.807, 2.05) is 19.1 Å². The summed E-state index contributed by atoms with van der Waals surface area (Å²) in [6, 6.07) is 3.68. The molecule has 0 aliphatic rings. The van der Waals surface area contributed by atoms with Gasteiger partial charge in [-0.3, -0.25) is 4.98 Å². The number of nitrogens with zero attached hydrogens (tertiary/aromatic N) is 2. The van der Waals surface area contributed by atoms with Crippen LogP contribution in [0.25, 0.3) is 10.6 Å². The molecule has 0 aliphatic carbocycles. The SMILES string of the molecule is CCc1nc(-c2cccnc2)sc1S(C)(=O)=O. The zero-order valence-corrected chi connectivity index (χ0v) is 11.2. The summed E-state index contributed by atoms with van der Waals surface area (Å²) in [5, 5.41) is 0.704. The highest BCUT2D eigenvalue weighted by atomic mass is 32.2. The summed E-state index contributed by atoms with van der Waals surface area (Å²) in [4.78, 5) is 8.37. The monoisotopic (exact) mass is 268 g/mol. The third kappa shape index (κ3) is 2.53. The molecule has 0 N–H and O–H groups in total. The fourth-order valence-electron chi connectivity index (χ4n) is 1.46. The zero-order valence-electron chi connectivity index (χ0n) is 9.54. The van der Waals surface area contributed by atoms with E-state index in [2.05, 4.69) is 9.97 Å². The number of sulfone groups is 1. The summed E-state index contributed by atoms with van der Waals surface area (Å²) in [5.41, 5.74) is 1.48. The molecule has 2 aromatic rings. The Bertz CT molecular complexity index is 618. The Morgan fingerprint density at radius 2 is 2.18 bits per heavy atom. The van der Waals surface area contributed by atoms with Crippen LogP contribution in [0.15, 0.2) is 28.7 Å². The molecule has 6 heteroatoms. The first-order chi connectivity index (χ1) is 8.02. The third-order valence-corrected chi connectivity index (χ3v) is 5.25. The maximum Gasteiger partial charge on any atom is 0.186 e. The zero-order chi connectivity index (χ0) is 12.5. The molecule has 0 radical (unpaired) electrons. The first kappa shape index (κ1) is 12.2. The fourth-order valence-corrected chi connectivity index (χ4v) is 3.80. The lowest BCUT2D eigenvalue weighted by Gasteiger charge is -1.93. The number of thiazole rings is 1. The van der Waals surface area contributed by atoms with Crippen LogP contribution < -0.4 is 0 Å². The van der Waals surface area contributed by atoms with Crippen molar-refractivity contribution in [3.05, 3.63) is 30.2 Å². The Balaban J connectivity index is 2.57. The first-order valence-corrected chi connectivity index (χ1v) is 7.83. The summed E-state index contributed by atoms with van der Waals surface area (Å²) < 4.78 is 23.6. The smallest absolute Gasteiger partial charge is 0.186 e. The molecule has 2 rings (SSSR count). The minimum Gasteiger partial charge on any atom is -0.264 e. The average Bonchev–Trinajstić information content (AvgIpc) is 2.74. The van der Waals surface area contributed by atoms with Crippen LogP contribution in [0.1, 0.15) is 12.6 Å². The van der Waals surface area contributed by atoms with Crippen molar-refractivity contribution in [3.63, 3.8) is 0 Å². The second-order valence-corrected chi connectivity index (χ2v) is 6.83. The predicted octanol–water partition coefficient (Wildman–Crippen LogP) is 2.17. The van der Waals surface area contributed by atoms with Crippen LogP contribution in [0.4, 0.5) is 0 Å². The maximum absolute atomic E-state index is 11.6. The highest BCUT2D eigenvalue weighted by Gasteiger charge is 2.19. The molecule has 0 bridgehead atoms. The molecule has 0 amide bonds. The van der Waals surface area contributed by atoms with Crippen molar-refractivity contribution in [3.8, 4) is 10.6 Å². The van der Waals surface area contributed by atoms with Gasteiger partial charge in [-0.1, -0.05) is 6.92 Å². The van der Waals surface area contributed by atoms with Gasteiger partial charge in [-0.2, -0.15) is 0 Å². The molecule has 17 heavy (non-hydrogen) atoms. The van der Waals surface area contributed by atoms with E-state index in [4.69, 9.17) is 0 Å². The number of rotatable bonds is 3. The van der Waals surface area contributed by atoms with E-state index < -0.39 is 9.84 Å². The number of pyridine rings is 1. The van der Waals surface area contributed by atoms with Gasteiger partial charge in [0, 0.05) is 24.2 Å². The Morgan fingerprint density at radius 3 is 2.65 bits per heavy atom. The molecule has 0 aromatic carbocycles. The predicted molar refractivity (Wildman–Crippen MR) is 67.8 cm³/mol. The highest BCUT2D eigenvalue weighted by Crippen LogP contribution is 2.31. The van der Waals surface area contributed by atoms with E-state index >= 15 is 0 Å². The highest BCUT2D eigenvalue weighted by molar-refractivity contribution is 7.92. The molecule has 0 aliphatic heterocycles. The molecule has 0 atom stereocenters. The van der Waals surface area contributed by atoms with Crippen molar-refractivity contribution in [1.82, 2.24) is 9.97 Å². The van der Waals surface area contributed by atoms with Crippen LogP contribution in [0.2, 0.25) is 0 Å². The molecule has 0 saturated carbocycles. The lowest BCUT2D eigenvalue weighted by molar-refractivity contribution is 0.602. The van der Waals surface area contributed by atoms with Crippen molar-refractivity contribution in [2.45, 2.75) is 17.6 Å². The van der Waals surface area contributed by atoms with Crippen LogP contribution in [-0.4, -0.2) is 24.6 Å². The second kappa shape index (κ2) is 4.54. The van der Waals surface area contributed by atoms with Gasteiger partial charge in [-0.05, 0) is 18.6 Å². The lowest BCUT2D eigenvalue weighted by Crippen LogP contribution is -1.97. The van der Waals surface area contributed by atoms with Gasteiger partial charge >= 0.3 is 0 Å². The normalized spacial score (nSPS) is 11.6. The van der Waals surface area contributed by atoms with Crippen molar-refractivity contribution in [2.24, 2.45) is 0 Å². The third-order valence-electron chi connectivity index (χ3n) is 2.24. The molecule has 2 aromatic heterocycles. The van der Waals surface area contributed by atoms with Crippen molar-refractivity contribution in [2.75, 3.05) is 6.26 Å². The fraction of sp³-hybridized carbons (Fsp3) is 0.273. The summed E-state index contributed by atoms with van der Waals surface area (Å²) >= 11 is 1.21. The van der Waals surface area contributed by atoms with Crippen LogP contribution in [0, 0.1) is 0 Å². The van der Waals surface area contributed by atoms with E-state index in [9.17, 15) is 8.42 Å². The van der Waals surface area contributed by atoms with E-state index in [0.717, 1.165) is 5.56 Å². The van der Waals surface area contributed by atoms with Crippen molar-refractivity contribution >= 4 is 21.2 Å². The van der Waals surface area contributed by atoms with Gasteiger partial charge < -0.3 is 0 Å². The van der Waals surface area contributed by atoms with E-state index in [0.29, 0.717) is 21.3 Å². The summed E-state index contributed by atoms with van der Waals surface area (Å²) in [6.07, 6.45) is 5.19. The van der Waals surface area contributed by atoms with Gasteiger partial charge in [-0.25, -0.2) is 13.4 Å². The molecule has 0 saturated heterocycles. The van der Waals surface area contributed by atoms with Crippen LogP contribution in [0.5, 0.6) is 0 Å². The molecule has 4 nitrogen and oxygen atoms in total. The van der Waals surface area contributed by atoms with Gasteiger partial charge in [0.15, 0.2) is 9.84 Å². The second-order valence-electron chi connectivity index (χ2n) is 3.62. The summed E-state index contributed by atoms with van der Waals surface area (Å²) in [6.45, 7) is 1.90. The van der Waals surface area contributed by atoms with Crippen molar-refractivity contribution < 1.29 is 8.42 Å². The Kier molecular flexibility index (Phi) is 3.26. The number of hydrogen-bond donors (Lipinski definition) is 0. The molecular weight excluding hydrogens is 256 g/mol.